The van der Waals surface area contributed by atoms with Crippen molar-refractivity contribution < 1.29 is 0 Å². The summed E-state index contributed by atoms with van der Waals surface area (Å²) in [5.41, 5.74) is 1.28. The van der Waals surface area contributed by atoms with Gasteiger partial charge in [0, 0.05) is 29.0 Å². The molecule has 108 valence electrons. The summed E-state index contributed by atoms with van der Waals surface area (Å²) in [5.74, 6) is 0. The first-order valence-electron chi connectivity index (χ1n) is 6.40. The SMILES string of the molecule is Cn1cnnc1Sc1cc(Cl)ccc1CNC(C)(C)C. The van der Waals surface area contributed by atoms with E-state index in [1.165, 1.54) is 5.56 Å². The fourth-order valence-corrected chi connectivity index (χ4v) is 2.76. The highest BCUT2D eigenvalue weighted by atomic mass is 35.5. The third-order valence-corrected chi connectivity index (χ3v) is 4.10. The van der Waals surface area contributed by atoms with Crippen LogP contribution in [-0.4, -0.2) is 20.3 Å². The van der Waals surface area contributed by atoms with Gasteiger partial charge in [0.25, 0.3) is 0 Å². The molecular formula is C14H19ClN4S. The number of aryl methyl sites for hydroxylation is 1. The van der Waals surface area contributed by atoms with E-state index in [9.17, 15) is 0 Å². The molecule has 0 radical (unpaired) electrons. The zero-order chi connectivity index (χ0) is 14.8. The highest BCUT2D eigenvalue weighted by molar-refractivity contribution is 7.99. The maximum atomic E-state index is 6.11. The van der Waals surface area contributed by atoms with Gasteiger partial charge in [-0.2, -0.15) is 0 Å². The molecule has 0 fully saturated rings. The van der Waals surface area contributed by atoms with E-state index < -0.39 is 0 Å². The van der Waals surface area contributed by atoms with Crippen molar-refractivity contribution in [3.63, 3.8) is 0 Å². The van der Waals surface area contributed by atoms with Crippen LogP contribution >= 0.6 is 23.4 Å². The van der Waals surface area contributed by atoms with E-state index in [-0.39, 0.29) is 5.54 Å². The Kier molecular flexibility index (Phi) is 4.73. The molecule has 2 rings (SSSR count). The predicted octanol–water partition coefficient (Wildman–Crippen LogP) is 3.51. The van der Waals surface area contributed by atoms with Crippen molar-refractivity contribution in [3.8, 4) is 0 Å². The number of benzene rings is 1. The second-order valence-corrected chi connectivity index (χ2v) is 7.13. The Labute approximate surface area is 128 Å². The van der Waals surface area contributed by atoms with Gasteiger partial charge < -0.3 is 9.88 Å². The van der Waals surface area contributed by atoms with Crippen LogP contribution in [0, 0.1) is 0 Å². The predicted molar refractivity (Wildman–Crippen MR) is 83.2 cm³/mol. The van der Waals surface area contributed by atoms with Crippen molar-refractivity contribution in [3.05, 3.63) is 35.1 Å². The van der Waals surface area contributed by atoms with E-state index in [1.54, 1.807) is 18.1 Å². The lowest BCUT2D eigenvalue weighted by atomic mass is 10.1. The third-order valence-electron chi connectivity index (χ3n) is 2.71. The van der Waals surface area contributed by atoms with E-state index in [1.807, 2.05) is 23.7 Å². The topological polar surface area (TPSA) is 42.7 Å². The fraction of sp³-hybridized carbons (Fsp3) is 0.429. The minimum Gasteiger partial charge on any atom is -0.311 e. The van der Waals surface area contributed by atoms with Gasteiger partial charge in [-0.1, -0.05) is 17.7 Å². The summed E-state index contributed by atoms with van der Waals surface area (Å²) in [6.07, 6.45) is 1.69. The van der Waals surface area contributed by atoms with E-state index in [2.05, 4.69) is 42.4 Å². The number of rotatable bonds is 4. The zero-order valence-electron chi connectivity index (χ0n) is 12.1. The van der Waals surface area contributed by atoms with Crippen LogP contribution in [0.25, 0.3) is 0 Å². The highest BCUT2D eigenvalue weighted by Crippen LogP contribution is 2.31. The van der Waals surface area contributed by atoms with Gasteiger partial charge in [-0.15, -0.1) is 10.2 Å². The molecule has 1 N–H and O–H groups in total. The first kappa shape index (κ1) is 15.4. The summed E-state index contributed by atoms with van der Waals surface area (Å²) in [5, 5.41) is 13.1. The molecule has 1 aromatic heterocycles. The Morgan fingerprint density at radius 1 is 1.35 bits per heavy atom. The van der Waals surface area contributed by atoms with Crippen LogP contribution in [-0.2, 0) is 13.6 Å². The van der Waals surface area contributed by atoms with Crippen LogP contribution in [0.2, 0.25) is 5.02 Å². The first-order chi connectivity index (χ1) is 9.35. The summed E-state index contributed by atoms with van der Waals surface area (Å²) in [4.78, 5) is 1.10. The lowest BCUT2D eigenvalue weighted by Gasteiger charge is -2.21. The van der Waals surface area contributed by atoms with Gasteiger partial charge in [0.2, 0.25) is 0 Å². The fourth-order valence-electron chi connectivity index (χ4n) is 1.59. The Morgan fingerprint density at radius 3 is 2.70 bits per heavy atom. The second kappa shape index (κ2) is 6.16. The largest absolute Gasteiger partial charge is 0.311 e. The number of aromatic nitrogens is 3. The third kappa shape index (κ3) is 4.23. The molecule has 6 heteroatoms. The molecule has 0 saturated carbocycles. The smallest absolute Gasteiger partial charge is 0.195 e. The lowest BCUT2D eigenvalue weighted by molar-refractivity contribution is 0.422. The standard InChI is InChI=1S/C14H19ClN4S/c1-14(2,3)16-8-10-5-6-11(15)7-12(10)20-13-18-17-9-19(13)4/h5-7,9,16H,8H2,1-4H3. The van der Waals surface area contributed by atoms with Gasteiger partial charge in [-0.25, -0.2) is 0 Å². The Balaban J connectivity index is 2.22. The molecule has 0 aliphatic heterocycles. The molecule has 1 heterocycles. The minimum absolute atomic E-state index is 0.0757. The van der Waals surface area contributed by atoms with Crippen molar-refractivity contribution in [2.75, 3.05) is 0 Å². The summed E-state index contributed by atoms with van der Waals surface area (Å²) in [6, 6.07) is 5.95. The molecular weight excluding hydrogens is 292 g/mol. The van der Waals surface area contributed by atoms with E-state index >= 15 is 0 Å². The number of hydrogen-bond donors (Lipinski definition) is 1. The van der Waals surface area contributed by atoms with E-state index in [4.69, 9.17) is 11.6 Å². The van der Waals surface area contributed by atoms with Crippen molar-refractivity contribution in [2.45, 2.75) is 42.9 Å². The zero-order valence-corrected chi connectivity index (χ0v) is 13.7. The molecule has 0 spiro atoms. The Morgan fingerprint density at radius 2 is 2.10 bits per heavy atom. The molecule has 1 aromatic carbocycles. The molecule has 4 nitrogen and oxygen atoms in total. The maximum absolute atomic E-state index is 6.11. The first-order valence-corrected chi connectivity index (χ1v) is 7.60. The number of hydrogen-bond acceptors (Lipinski definition) is 4. The molecule has 0 unspecified atom stereocenters. The summed E-state index contributed by atoms with van der Waals surface area (Å²) >= 11 is 7.69. The lowest BCUT2D eigenvalue weighted by Crippen LogP contribution is -2.35. The minimum atomic E-state index is 0.0757. The second-order valence-electron chi connectivity index (χ2n) is 5.68. The molecule has 0 aliphatic rings. The average Bonchev–Trinajstić information content (AvgIpc) is 2.73. The van der Waals surface area contributed by atoms with E-state index in [0.717, 1.165) is 21.6 Å². The molecule has 0 aliphatic carbocycles. The Hall–Kier alpha value is -1.04. The van der Waals surface area contributed by atoms with Crippen LogP contribution < -0.4 is 5.32 Å². The van der Waals surface area contributed by atoms with Gasteiger partial charge in [-0.05, 0) is 50.2 Å². The highest BCUT2D eigenvalue weighted by Gasteiger charge is 2.13. The van der Waals surface area contributed by atoms with Crippen molar-refractivity contribution >= 4 is 23.4 Å². The normalized spacial score (nSPS) is 11.8. The van der Waals surface area contributed by atoms with E-state index in [0.29, 0.717) is 0 Å². The van der Waals surface area contributed by atoms with Crippen molar-refractivity contribution in [2.24, 2.45) is 7.05 Å². The van der Waals surface area contributed by atoms with Gasteiger partial charge in [-0.3, -0.25) is 0 Å². The van der Waals surface area contributed by atoms with Crippen LogP contribution in [0.4, 0.5) is 0 Å². The van der Waals surface area contributed by atoms with Crippen molar-refractivity contribution in [1.29, 1.82) is 0 Å². The summed E-state index contributed by atoms with van der Waals surface area (Å²) in [7, 11) is 1.93. The number of nitrogens with zero attached hydrogens (tertiary/aromatic N) is 3. The molecule has 20 heavy (non-hydrogen) atoms. The van der Waals surface area contributed by atoms with Crippen molar-refractivity contribution in [1.82, 2.24) is 20.1 Å². The average molecular weight is 311 g/mol. The number of halogens is 1. The van der Waals surface area contributed by atoms with Gasteiger partial charge in [0.05, 0.1) is 0 Å². The van der Waals surface area contributed by atoms with Gasteiger partial charge in [0.1, 0.15) is 6.33 Å². The summed E-state index contributed by atoms with van der Waals surface area (Å²) in [6.45, 7) is 7.25. The van der Waals surface area contributed by atoms with Crippen LogP contribution in [0.5, 0.6) is 0 Å². The van der Waals surface area contributed by atoms with Crippen LogP contribution in [0.3, 0.4) is 0 Å². The molecule has 0 amide bonds. The maximum Gasteiger partial charge on any atom is 0.195 e. The van der Waals surface area contributed by atoms with Crippen LogP contribution in [0.1, 0.15) is 26.3 Å². The van der Waals surface area contributed by atoms with Gasteiger partial charge in [0.15, 0.2) is 5.16 Å². The van der Waals surface area contributed by atoms with Crippen LogP contribution in [0.15, 0.2) is 34.6 Å². The summed E-state index contributed by atoms with van der Waals surface area (Å²) < 4.78 is 1.90. The Bertz CT molecular complexity index is 589. The monoisotopic (exact) mass is 310 g/mol. The number of nitrogens with one attached hydrogen (secondary N) is 1. The van der Waals surface area contributed by atoms with Gasteiger partial charge >= 0.3 is 0 Å². The molecule has 0 bridgehead atoms. The molecule has 2 aromatic rings. The molecule has 0 saturated heterocycles. The quantitative estimate of drug-likeness (QED) is 0.938. The molecule has 0 atom stereocenters.